The fourth-order valence-electron chi connectivity index (χ4n) is 2.17. The number of rotatable bonds is 5. The molecule has 20 heavy (non-hydrogen) atoms. The van der Waals surface area contributed by atoms with Gasteiger partial charge in [-0.15, -0.1) is 0 Å². The maximum Gasteiger partial charge on any atom is 0.0743 e. The van der Waals surface area contributed by atoms with Crippen LogP contribution in [0.4, 0.5) is 0 Å². The standard InChI is InChI=1S/C15H21BrN4/c1-5-6-17-8-13-9-18-10(2)7-14(13)20-12(4)15(16)11(3)19-20/h7,9,17H,5-6,8H2,1-4H3. The Hall–Kier alpha value is -1.20. The molecule has 0 aliphatic carbocycles. The number of nitrogens with zero attached hydrogens (tertiary/aromatic N) is 3. The van der Waals surface area contributed by atoms with E-state index < -0.39 is 0 Å². The zero-order valence-corrected chi connectivity index (χ0v) is 14.1. The molecular weight excluding hydrogens is 316 g/mol. The van der Waals surface area contributed by atoms with Crippen molar-refractivity contribution in [3.8, 4) is 5.69 Å². The highest BCUT2D eigenvalue weighted by atomic mass is 79.9. The van der Waals surface area contributed by atoms with Gasteiger partial charge in [0.05, 0.1) is 21.5 Å². The highest BCUT2D eigenvalue weighted by Crippen LogP contribution is 2.24. The molecule has 5 heteroatoms. The quantitative estimate of drug-likeness (QED) is 0.850. The number of hydrogen-bond donors (Lipinski definition) is 1. The molecule has 2 heterocycles. The Labute approximate surface area is 128 Å². The van der Waals surface area contributed by atoms with E-state index >= 15 is 0 Å². The minimum absolute atomic E-state index is 0.812. The summed E-state index contributed by atoms with van der Waals surface area (Å²) < 4.78 is 3.07. The molecule has 108 valence electrons. The Morgan fingerprint density at radius 2 is 2.05 bits per heavy atom. The SMILES string of the molecule is CCCNCc1cnc(C)cc1-n1nc(C)c(Br)c1C. The average Bonchev–Trinajstić information content (AvgIpc) is 2.68. The van der Waals surface area contributed by atoms with Crippen molar-refractivity contribution in [3.63, 3.8) is 0 Å². The Kier molecular flexibility index (Phi) is 4.94. The molecule has 0 spiro atoms. The fourth-order valence-corrected chi connectivity index (χ4v) is 2.41. The number of hydrogen-bond acceptors (Lipinski definition) is 3. The largest absolute Gasteiger partial charge is 0.313 e. The van der Waals surface area contributed by atoms with Crippen molar-refractivity contribution < 1.29 is 0 Å². The molecule has 0 radical (unpaired) electrons. The van der Waals surface area contributed by atoms with E-state index in [2.05, 4.69) is 51.2 Å². The number of pyridine rings is 1. The summed E-state index contributed by atoms with van der Waals surface area (Å²) in [5.74, 6) is 0. The molecule has 0 saturated heterocycles. The number of aryl methyl sites for hydroxylation is 2. The van der Waals surface area contributed by atoms with Gasteiger partial charge in [0, 0.05) is 24.0 Å². The topological polar surface area (TPSA) is 42.7 Å². The highest BCUT2D eigenvalue weighted by Gasteiger charge is 2.13. The summed E-state index contributed by atoms with van der Waals surface area (Å²) in [6.45, 7) is 10.1. The third-order valence-corrected chi connectivity index (χ3v) is 4.42. The molecule has 0 amide bonds. The van der Waals surface area contributed by atoms with Gasteiger partial charge in [0.25, 0.3) is 0 Å². The Balaban J connectivity index is 2.43. The predicted molar refractivity (Wildman–Crippen MR) is 85.3 cm³/mol. The summed E-state index contributed by atoms with van der Waals surface area (Å²) in [7, 11) is 0. The van der Waals surface area contributed by atoms with Crippen LogP contribution in [0.25, 0.3) is 5.69 Å². The third kappa shape index (κ3) is 3.10. The lowest BCUT2D eigenvalue weighted by Crippen LogP contribution is -2.16. The van der Waals surface area contributed by atoms with Gasteiger partial charge < -0.3 is 5.32 Å². The van der Waals surface area contributed by atoms with E-state index in [1.165, 1.54) is 5.56 Å². The molecule has 4 nitrogen and oxygen atoms in total. The van der Waals surface area contributed by atoms with Crippen molar-refractivity contribution in [3.05, 3.63) is 39.4 Å². The van der Waals surface area contributed by atoms with Gasteiger partial charge in [-0.3, -0.25) is 4.98 Å². The minimum Gasteiger partial charge on any atom is -0.313 e. The lowest BCUT2D eigenvalue weighted by Gasteiger charge is -2.12. The second-order valence-electron chi connectivity index (χ2n) is 5.03. The van der Waals surface area contributed by atoms with Crippen molar-refractivity contribution in [2.75, 3.05) is 6.54 Å². The zero-order valence-electron chi connectivity index (χ0n) is 12.5. The van der Waals surface area contributed by atoms with E-state index in [1.54, 1.807) is 0 Å². The normalized spacial score (nSPS) is 11.1. The van der Waals surface area contributed by atoms with Crippen LogP contribution in [0.3, 0.4) is 0 Å². The van der Waals surface area contributed by atoms with Crippen LogP contribution in [0.1, 0.15) is 36.0 Å². The zero-order chi connectivity index (χ0) is 14.7. The maximum atomic E-state index is 4.62. The average molecular weight is 337 g/mol. The molecule has 0 aliphatic rings. The summed E-state index contributed by atoms with van der Waals surface area (Å²) in [6, 6.07) is 2.09. The van der Waals surface area contributed by atoms with E-state index in [-0.39, 0.29) is 0 Å². The van der Waals surface area contributed by atoms with E-state index in [4.69, 9.17) is 0 Å². The lowest BCUT2D eigenvalue weighted by atomic mass is 10.2. The molecule has 0 fully saturated rings. The van der Waals surface area contributed by atoms with Gasteiger partial charge in [0.2, 0.25) is 0 Å². The lowest BCUT2D eigenvalue weighted by molar-refractivity contribution is 0.666. The van der Waals surface area contributed by atoms with Crippen LogP contribution >= 0.6 is 15.9 Å². The van der Waals surface area contributed by atoms with Crippen molar-refractivity contribution in [2.45, 2.75) is 40.7 Å². The first-order chi connectivity index (χ1) is 9.54. The van der Waals surface area contributed by atoms with Crippen LogP contribution in [0.15, 0.2) is 16.7 Å². The Morgan fingerprint density at radius 3 is 2.65 bits per heavy atom. The van der Waals surface area contributed by atoms with Crippen LogP contribution in [-0.4, -0.2) is 21.3 Å². The summed E-state index contributed by atoms with van der Waals surface area (Å²) >= 11 is 3.59. The molecule has 0 unspecified atom stereocenters. The fraction of sp³-hybridized carbons (Fsp3) is 0.467. The summed E-state index contributed by atoms with van der Waals surface area (Å²) in [4.78, 5) is 4.41. The van der Waals surface area contributed by atoms with Gasteiger partial charge in [0.1, 0.15) is 0 Å². The van der Waals surface area contributed by atoms with Crippen LogP contribution in [0, 0.1) is 20.8 Å². The molecular formula is C15H21BrN4. The Morgan fingerprint density at radius 1 is 1.30 bits per heavy atom. The van der Waals surface area contributed by atoms with E-state index in [1.807, 2.05) is 24.7 Å². The van der Waals surface area contributed by atoms with Gasteiger partial charge >= 0.3 is 0 Å². The van der Waals surface area contributed by atoms with Crippen LogP contribution in [-0.2, 0) is 6.54 Å². The van der Waals surface area contributed by atoms with Crippen molar-refractivity contribution in [2.24, 2.45) is 0 Å². The second-order valence-corrected chi connectivity index (χ2v) is 5.82. The van der Waals surface area contributed by atoms with Crippen LogP contribution < -0.4 is 5.32 Å². The third-order valence-electron chi connectivity index (χ3n) is 3.27. The van der Waals surface area contributed by atoms with E-state index in [0.717, 1.165) is 46.8 Å². The van der Waals surface area contributed by atoms with E-state index in [0.29, 0.717) is 0 Å². The first-order valence-corrected chi connectivity index (χ1v) is 7.72. The molecule has 0 atom stereocenters. The van der Waals surface area contributed by atoms with Crippen molar-refractivity contribution >= 4 is 15.9 Å². The van der Waals surface area contributed by atoms with Crippen LogP contribution in [0.2, 0.25) is 0 Å². The molecule has 2 rings (SSSR count). The van der Waals surface area contributed by atoms with Gasteiger partial charge in [-0.05, 0) is 55.7 Å². The molecule has 0 saturated carbocycles. The first kappa shape index (κ1) is 15.2. The molecule has 0 aromatic carbocycles. The maximum absolute atomic E-state index is 4.62. The summed E-state index contributed by atoms with van der Waals surface area (Å²) in [5.41, 5.74) is 5.40. The van der Waals surface area contributed by atoms with Gasteiger partial charge in [-0.25, -0.2) is 4.68 Å². The summed E-state index contributed by atoms with van der Waals surface area (Å²) in [6.07, 6.45) is 3.07. The van der Waals surface area contributed by atoms with Crippen molar-refractivity contribution in [1.29, 1.82) is 0 Å². The molecule has 1 N–H and O–H groups in total. The molecule has 0 aliphatic heterocycles. The Bertz CT molecular complexity index is 604. The van der Waals surface area contributed by atoms with Crippen LogP contribution in [0.5, 0.6) is 0 Å². The molecule has 2 aromatic heterocycles. The van der Waals surface area contributed by atoms with Gasteiger partial charge in [0.15, 0.2) is 0 Å². The monoisotopic (exact) mass is 336 g/mol. The van der Waals surface area contributed by atoms with Crippen molar-refractivity contribution in [1.82, 2.24) is 20.1 Å². The number of aromatic nitrogens is 3. The summed E-state index contributed by atoms with van der Waals surface area (Å²) in [5, 5.41) is 8.05. The first-order valence-electron chi connectivity index (χ1n) is 6.93. The van der Waals surface area contributed by atoms with Gasteiger partial charge in [-0.1, -0.05) is 6.92 Å². The van der Waals surface area contributed by atoms with E-state index in [9.17, 15) is 0 Å². The number of halogens is 1. The minimum atomic E-state index is 0.812. The smallest absolute Gasteiger partial charge is 0.0743 e. The molecule has 0 bridgehead atoms. The molecule has 2 aromatic rings. The highest BCUT2D eigenvalue weighted by molar-refractivity contribution is 9.10. The number of nitrogens with one attached hydrogen (secondary N) is 1. The van der Waals surface area contributed by atoms with Gasteiger partial charge in [-0.2, -0.15) is 5.10 Å². The second kappa shape index (κ2) is 6.50. The predicted octanol–water partition coefficient (Wildman–Crippen LogP) is 3.45.